The zero-order valence-electron chi connectivity index (χ0n) is 18.3. The number of hydrogen-bond acceptors (Lipinski definition) is 2. The minimum atomic E-state index is -2.70. The zero-order valence-corrected chi connectivity index (χ0v) is 18.3. The summed E-state index contributed by atoms with van der Waals surface area (Å²) in [6, 6.07) is 12.3. The highest BCUT2D eigenvalue weighted by Crippen LogP contribution is 2.39. The van der Waals surface area contributed by atoms with Crippen molar-refractivity contribution in [3.05, 3.63) is 70.0 Å². The van der Waals surface area contributed by atoms with Gasteiger partial charge in [0.15, 0.2) is 0 Å². The Bertz CT molecular complexity index is 1260. The van der Waals surface area contributed by atoms with Gasteiger partial charge in [0.25, 0.3) is 0 Å². The maximum Gasteiger partial charge on any atom is 0.242 e. The number of halogens is 5. The molecule has 0 aliphatic heterocycles. The Hall–Kier alpha value is -3.45. The molecule has 0 fully saturated rings. The molecule has 0 aliphatic rings. The summed E-state index contributed by atoms with van der Waals surface area (Å²) >= 11 is 0. The first kappa shape index (κ1) is 24.2. The molecule has 0 aliphatic carbocycles. The Morgan fingerprint density at radius 3 is 1.85 bits per heavy atom. The first-order chi connectivity index (χ1) is 15.4. The quantitative estimate of drug-likeness (QED) is 0.378. The van der Waals surface area contributed by atoms with E-state index in [1.807, 2.05) is 32.9 Å². The summed E-state index contributed by atoms with van der Waals surface area (Å²) in [5.74, 6) is -0.487. The molecule has 170 valence electrons. The van der Waals surface area contributed by atoms with Crippen LogP contribution < -0.4 is 0 Å². The molecule has 0 radical (unpaired) electrons. The lowest BCUT2D eigenvalue weighted by Gasteiger charge is -2.22. The van der Waals surface area contributed by atoms with Gasteiger partial charge in [0.2, 0.25) is 12.9 Å². The van der Waals surface area contributed by atoms with Crippen molar-refractivity contribution in [2.45, 2.75) is 51.9 Å². The fraction of sp³-hybridized carbons (Fsp3) is 0.308. The minimum absolute atomic E-state index is 0.0161. The second kappa shape index (κ2) is 9.19. The van der Waals surface area contributed by atoms with Crippen LogP contribution >= 0.6 is 0 Å². The van der Waals surface area contributed by atoms with Crippen LogP contribution in [0.5, 0.6) is 0 Å². The number of nitriles is 2. The summed E-state index contributed by atoms with van der Waals surface area (Å²) in [7, 11) is 0. The van der Waals surface area contributed by atoms with Gasteiger partial charge in [-0.3, -0.25) is 0 Å². The molecule has 0 saturated carbocycles. The largest absolute Gasteiger partial charge is 0.242 e. The van der Waals surface area contributed by atoms with Gasteiger partial charge in [-0.2, -0.15) is 10.5 Å². The van der Waals surface area contributed by atoms with E-state index in [1.165, 1.54) is 30.3 Å². The van der Waals surface area contributed by atoms with Crippen LogP contribution in [0.15, 0.2) is 36.4 Å². The highest BCUT2D eigenvalue weighted by Gasteiger charge is 2.23. The Labute approximate surface area is 188 Å². The van der Waals surface area contributed by atoms with Crippen molar-refractivity contribution in [1.82, 2.24) is 0 Å². The number of nitrogens with zero attached hydrogens (tertiary/aromatic N) is 2. The van der Waals surface area contributed by atoms with Crippen LogP contribution in [0.3, 0.4) is 0 Å². The third-order valence-electron chi connectivity index (χ3n) is 5.39. The fourth-order valence-corrected chi connectivity index (χ4v) is 4.00. The Morgan fingerprint density at radius 1 is 0.818 bits per heavy atom. The molecule has 3 aromatic carbocycles. The molecule has 7 heteroatoms. The van der Waals surface area contributed by atoms with Gasteiger partial charge in [0.05, 0.1) is 11.1 Å². The van der Waals surface area contributed by atoms with Gasteiger partial charge in [0.1, 0.15) is 18.0 Å². The second-order valence-electron chi connectivity index (χ2n) is 8.93. The van der Waals surface area contributed by atoms with Crippen molar-refractivity contribution in [2.24, 2.45) is 0 Å². The normalized spacial score (nSPS) is 11.8. The second-order valence-corrected chi connectivity index (χ2v) is 8.93. The standard InChI is InChI=1S/C26H21F5N2/c1-26(2,3)21-11-19-16(10-22(21)27)9-18(12-32)20(13-33)25(19)17-5-14(7-23(28)29)4-15(6-17)8-24(30)31/h4-6,9-11,23-24H,7-8H2,1-3H3. The van der Waals surface area contributed by atoms with E-state index in [2.05, 4.69) is 0 Å². The van der Waals surface area contributed by atoms with Crippen LogP contribution in [-0.2, 0) is 18.3 Å². The third-order valence-corrected chi connectivity index (χ3v) is 5.39. The Morgan fingerprint density at radius 2 is 1.39 bits per heavy atom. The minimum Gasteiger partial charge on any atom is -0.210 e. The van der Waals surface area contributed by atoms with Crippen molar-refractivity contribution in [1.29, 1.82) is 10.5 Å². The van der Waals surface area contributed by atoms with Crippen molar-refractivity contribution in [2.75, 3.05) is 0 Å². The van der Waals surface area contributed by atoms with Crippen LogP contribution in [0, 0.1) is 28.5 Å². The van der Waals surface area contributed by atoms with E-state index in [0.717, 1.165) is 0 Å². The molecule has 0 unspecified atom stereocenters. The number of fused-ring (bicyclic) bond motifs is 1. The maximum absolute atomic E-state index is 14.9. The molecule has 0 spiro atoms. The summed E-state index contributed by atoms with van der Waals surface area (Å²) in [5, 5.41) is 20.2. The molecular weight excluding hydrogens is 435 g/mol. The average Bonchev–Trinajstić information content (AvgIpc) is 2.69. The molecule has 0 saturated heterocycles. The van der Waals surface area contributed by atoms with Crippen molar-refractivity contribution >= 4 is 10.8 Å². The van der Waals surface area contributed by atoms with E-state index in [-0.39, 0.29) is 33.4 Å². The van der Waals surface area contributed by atoms with E-state index in [9.17, 15) is 32.5 Å². The van der Waals surface area contributed by atoms with Crippen LogP contribution in [0.2, 0.25) is 0 Å². The van der Waals surface area contributed by atoms with Gasteiger partial charge in [0, 0.05) is 18.4 Å². The average molecular weight is 456 g/mol. The lowest BCUT2D eigenvalue weighted by molar-refractivity contribution is 0.148. The maximum atomic E-state index is 14.9. The lowest BCUT2D eigenvalue weighted by atomic mass is 9.82. The fourth-order valence-electron chi connectivity index (χ4n) is 4.00. The number of rotatable bonds is 5. The van der Waals surface area contributed by atoms with Gasteiger partial charge in [-0.1, -0.05) is 39.0 Å². The Kier molecular flexibility index (Phi) is 6.74. The van der Waals surface area contributed by atoms with Gasteiger partial charge < -0.3 is 0 Å². The first-order valence-corrected chi connectivity index (χ1v) is 10.2. The monoisotopic (exact) mass is 456 g/mol. The molecule has 33 heavy (non-hydrogen) atoms. The summed E-state index contributed by atoms with van der Waals surface area (Å²) in [4.78, 5) is 0. The summed E-state index contributed by atoms with van der Waals surface area (Å²) in [6.45, 7) is 5.45. The van der Waals surface area contributed by atoms with E-state index >= 15 is 0 Å². The van der Waals surface area contributed by atoms with Crippen LogP contribution in [0.25, 0.3) is 21.9 Å². The van der Waals surface area contributed by atoms with Crippen molar-refractivity contribution in [3.63, 3.8) is 0 Å². The van der Waals surface area contributed by atoms with Crippen molar-refractivity contribution < 1.29 is 22.0 Å². The number of hydrogen-bond donors (Lipinski definition) is 0. The first-order valence-electron chi connectivity index (χ1n) is 10.2. The zero-order chi connectivity index (χ0) is 24.5. The van der Waals surface area contributed by atoms with Crippen LogP contribution in [0.4, 0.5) is 22.0 Å². The predicted molar refractivity (Wildman–Crippen MR) is 117 cm³/mol. The highest BCUT2D eigenvalue weighted by atomic mass is 19.3. The highest BCUT2D eigenvalue weighted by molar-refractivity contribution is 6.01. The van der Waals surface area contributed by atoms with E-state index < -0.39 is 36.9 Å². The Balaban J connectivity index is 2.46. The summed E-state index contributed by atoms with van der Waals surface area (Å²) < 4.78 is 67.3. The van der Waals surface area contributed by atoms with Gasteiger partial charge in [-0.05, 0) is 56.6 Å². The number of benzene rings is 3. The van der Waals surface area contributed by atoms with Gasteiger partial charge >= 0.3 is 0 Å². The molecule has 0 aromatic heterocycles. The predicted octanol–water partition coefficient (Wildman–Crippen LogP) is 7.30. The third kappa shape index (κ3) is 5.14. The van der Waals surface area contributed by atoms with Crippen LogP contribution in [-0.4, -0.2) is 12.9 Å². The van der Waals surface area contributed by atoms with Gasteiger partial charge in [-0.15, -0.1) is 0 Å². The SMILES string of the molecule is CC(C)(C)c1cc2c(-c3cc(CC(F)F)cc(CC(F)F)c3)c(C#N)c(C#N)cc2cc1F. The van der Waals surface area contributed by atoms with Crippen molar-refractivity contribution in [3.8, 4) is 23.3 Å². The smallest absolute Gasteiger partial charge is 0.210 e. The summed E-state index contributed by atoms with van der Waals surface area (Å²) in [5.41, 5.74) is 0.505. The van der Waals surface area contributed by atoms with E-state index in [0.29, 0.717) is 16.3 Å². The molecule has 3 rings (SSSR count). The molecule has 0 atom stereocenters. The molecule has 0 heterocycles. The van der Waals surface area contributed by atoms with E-state index in [1.54, 1.807) is 6.07 Å². The molecular formula is C26H21F5N2. The molecule has 0 N–H and O–H groups in total. The number of alkyl halides is 4. The molecule has 0 amide bonds. The van der Waals surface area contributed by atoms with E-state index in [4.69, 9.17) is 0 Å². The summed E-state index contributed by atoms with van der Waals surface area (Å²) in [6.07, 6.45) is -6.69. The topological polar surface area (TPSA) is 47.6 Å². The lowest BCUT2D eigenvalue weighted by Crippen LogP contribution is -2.13. The molecule has 2 nitrogen and oxygen atoms in total. The van der Waals surface area contributed by atoms with Crippen LogP contribution in [0.1, 0.15) is 48.6 Å². The molecule has 0 bridgehead atoms. The molecule has 3 aromatic rings. The van der Waals surface area contributed by atoms with Gasteiger partial charge in [-0.25, -0.2) is 22.0 Å².